The third-order valence-corrected chi connectivity index (χ3v) is 4.19. The molecule has 0 saturated heterocycles. The lowest BCUT2D eigenvalue weighted by molar-refractivity contribution is 0.0994. The van der Waals surface area contributed by atoms with E-state index in [0.29, 0.717) is 12.2 Å². The van der Waals surface area contributed by atoms with Gasteiger partial charge in [0.15, 0.2) is 5.78 Å². The van der Waals surface area contributed by atoms with Crippen molar-refractivity contribution in [3.8, 4) is 0 Å². The molecule has 0 bridgehead atoms. The SMILES string of the molecule is CC1=C(O)C(C)CC(c2ccc3c(c2)CCC3=O)=C1. The Morgan fingerprint density at radius 3 is 2.79 bits per heavy atom. The summed E-state index contributed by atoms with van der Waals surface area (Å²) in [5, 5.41) is 9.89. The van der Waals surface area contributed by atoms with Gasteiger partial charge in [0, 0.05) is 17.9 Å². The zero-order chi connectivity index (χ0) is 13.6. The van der Waals surface area contributed by atoms with Gasteiger partial charge >= 0.3 is 0 Å². The topological polar surface area (TPSA) is 37.3 Å². The standard InChI is InChI=1S/C17H18O2/c1-10-7-14(8-11(2)17(10)19)12-3-5-15-13(9-12)4-6-16(15)18/h3,5,7,9,11,19H,4,6,8H2,1-2H3. The molecule has 2 aliphatic rings. The minimum absolute atomic E-state index is 0.176. The lowest BCUT2D eigenvalue weighted by Gasteiger charge is -2.21. The van der Waals surface area contributed by atoms with Gasteiger partial charge in [-0.15, -0.1) is 0 Å². The molecule has 0 spiro atoms. The van der Waals surface area contributed by atoms with Crippen LogP contribution in [-0.2, 0) is 6.42 Å². The summed E-state index contributed by atoms with van der Waals surface area (Å²) in [6, 6.07) is 6.14. The first kappa shape index (κ1) is 12.2. The molecule has 19 heavy (non-hydrogen) atoms. The van der Waals surface area contributed by atoms with Gasteiger partial charge in [0.25, 0.3) is 0 Å². The number of aliphatic hydroxyl groups is 1. The number of allylic oxidation sites excluding steroid dienone is 4. The van der Waals surface area contributed by atoms with Gasteiger partial charge in [-0.3, -0.25) is 4.79 Å². The second-order valence-electron chi connectivity index (χ2n) is 5.64. The summed E-state index contributed by atoms with van der Waals surface area (Å²) in [6.07, 6.45) is 4.43. The van der Waals surface area contributed by atoms with Crippen LogP contribution in [-0.4, -0.2) is 10.9 Å². The van der Waals surface area contributed by atoms with E-state index >= 15 is 0 Å². The number of Topliss-reactive ketones (excluding diaryl/α,β-unsaturated/α-hetero) is 1. The lowest BCUT2D eigenvalue weighted by atomic mass is 9.86. The molecular formula is C17H18O2. The number of rotatable bonds is 1. The number of aliphatic hydroxyl groups excluding tert-OH is 1. The van der Waals surface area contributed by atoms with Gasteiger partial charge in [-0.25, -0.2) is 0 Å². The Morgan fingerprint density at radius 2 is 2.05 bits per heavy atom. The van der Waals surface area contributed by atoms with Crippen molar-refractivity contribution in [2.75, 3.05) is 0 Å². The molecule has 0 saturated carbocycles. The van der Waals surface area contributed by atoms with Crippen molar-refractivity contribution in [2.24, 2.45) is 5.92 Å². The maximum absolute atomic E-state index is 11.6. The van der Waals surface area contributed by atoms with E-state index in [1.165, 1.54) is 16.7 Å². The van der Waals surface area contributed by atoms with Crippen LogP contribution in [0.3, 0.4) is 0 Å². The van der Waals surface area contributed by atoms with Crippen LogP contribution < -0.4 is 0 Å². The number of fused-ring (bicyclic) bond motifs is 1. The third kappa shape index (κ3) is 2.01. The predicted molar refractivity (Wildman–Crippen MR) is 76.2 cm³/mol. The highest BCUT2D eigenvalue weighted by atomic mass is 16.3. The van der Waals surface area contributed by atoms with Crippen molar-refractivity contribution in [3.05, 3.63) is 52.3 Å². The highest BCUT2D eigenvalue weighted by Gasteiger charge is 2.22. The van der Waals surface area contributed by atoms with Crippen LogP contribution in [0.2, 0.25) is 0 Å². The van der Waals surface area contributed by atoms with Gasteiger partial charge in [-0.05, 0) is 42.0 Å². The van der Waals surface area contributed by atoms with Crippen LogP contribution >= 0.6 is 0 Å². The minimum Gasteiger partial charge on any atom is -0.512 e. The quantitative estimate of drug-likeness (QED) is 0.820. The Kier molecular flexibility index (Phi) is 2.81. The second kappa shape index (κ2) is 4.37. The van der Waals surface area contributed by atoms with E-state index in [2.05, 4.69) is 12.1 Å². The van der Waals surface area contributed by atoms with Crippen LogP contribution in [0.25, 0.3) is 5.57 Å². The molecule has 1 N–H and O–H groups in total. The fraction of sp³-hybridized carbons (Fsp3) is 0.353. The molecule has 1 unspecified atom stereocenters. The molecule has 0 amide bonds. The van der Waals surface area contributed by atoms with Crippen molar-refractivity contribution in [1.29, 1.82) is 0 Å². The number of benzene rings is 1. The Morgan fingerprint density at radius 1 is 1.26 bits per heavy atom. The first-order valence-electron chi connectivity index (χ1n) is 6.83. The molecule has 1 atom stereocenters. The average Bonchev–Trinajstić information content (AvgIpc) is 2.76. The first-order valence-corrected chi connectivity index (χ1v) is 6.83. The third-order valence-electron chi connectivity index (χ3n) is 4.19. The largest absolute Gasteiger partial charge is 0.512 e. The molecular weight excluding hydrogens is 236 g/mol. The Labute approximate surface area is 113 Å². The molecule has 1 aromatic carbocycles. The fourth-order valence-electron chi connectivity index (χ4n) is 3.07. The molecule has 0 fully saturated rings. The fourth-order valence-corrected chi connectivity index (χ4v) is 3.07. The maximum atomic E-state index is 11.6. The van der Waals surface area contributed by atoms with Crippen LogP contribution in [0.4, 0.5) is 0 Å². The summed E-state index contributed by atoms with van der Waals surface area (Å²) in [5.74, 6) is 0.941. The van der Waals surface area contributed by atoms with Crippen molar-refractivity contribution in [3.63, 3.8) is 0 Å². The molecule has 0 radical (unpaired) electrons. The molecule has 3 rings (SSSR count). The highest BCUT2D eigenvalue weighted by molar-refractivity contribution is 6.00. The molecule has 0 heterocycles. The Balaban J connectivity index is 2.01. The molecule has 2 aliphatic carbocycles. The van der Waals surface area contributed by atoms with E-state index in [1.807, 2.05) is 26.0 Å². The van der Waals surface area contributed by atoms with Gasteiger partial charge < -0.3 is 5.11 Å². The molecule has 0 aromatic heterocycles. The summed E-state index contributed by atoms with van der Waals surface area (Å²) < 4.78 is 0. The van der Waals surface area contributed by atoms with E-state index in [0.717, 1.165) is 24.0 Å². The van der Waals surface area contributed by atoms with Crippen LogP contribution in [0.1, 0.15) is 48.2 Å². The number of aryl methyl sites for hydroxylation is 1. The number of carbonyl (C=O) groups excluding carboxylic acids is 1. The predicted octanol–water partition coefficient (Wildman–Crippen LogP) is 4.07. The number of ketones is 1. The zero-order valence-electron chi connectivity index (χ0n) is 11.4. The molecule has 2 nitrogen and oxygen atoms in total. The Bertz CT molecular complexity index is 620. The van der Waals surface area contributed by atoms with Crippen molar-refractivity contribution in [2.45, 2.75) is 33.1 Å². The molecule has 98 valence electrons. The second-order valence-corrected chi connectivity index (χ2v) is 5.64. The van der Waals surface area contributed by atoms with Gasteiger partial charge in [-0.1, -0.05) is 31.2 Å². The summed E-state index contributed by atoms with van der Waals surface area (Å²) in [6.45, 7) is 3.99. The van der Waals surface area contributed by atoms with Gasteiger partial charge in [0.05, 0.1) is 5.76 Å². The first-order chi connectivity index (χ1) is 9.06. The number of hydrogen-bond acceptors (Lipinski definition) is 2. The number of carbonyl (C=O) groups is 1. The van der Waals surface area contributed by atoms with Crippen molar-refractivity contribution >= 4 is 11.4 Å². The number of hydrogen-bond donors (Lipinski definition) is 1. The molecule has 2 heteroatoms. The van der Waals surface area contributed by atoms with E-state index in [4.69, 9.17) is 0 Å². The zero-order valence-corrected chi connectivity index (χ0v) is 11.4. The maximum Gasteiger partial charge on any atom is 0.163 e. The monoisotopic (exact) mass is 254 g/mol. The van der Waals surface area contributed by atoms with Crippen molar-refractivity contribution in [1.82, 2.24) is 0 Å². The van der Waals surface area contributed by atoms with E-state index in [-0.39, 0.29) is 11.7 Å². The van der Waals surface area contributed by atoms with Crippen LogP contribution in [0.5, 0.6) is 0 Å². The summed E-state index contributed by atoms with van der Waals surface area (Å²) >= 11 is 0. The molecule has 1 aromatic rings. The minimum atomic E-state index is 0.176. The summed E-state index contributed by atoms with van der Waals surface area (Å²) in [7, 11) is 0. The highest BCUT2D eigenvalue weighted by Crippen LogP contribution is 2.35. The average molecular weight is 254 g/mol. The van der Waals surface area contributed by atoms with Crippen LogP contribution in [0, 0.1) is 5.92 Å². The lowest BCUT2D eigenvalue weighted by Crippen LogP contribution is -2.07. The summed E-state index contributed by atoms with van der Waals surface area (Å²) in [4.78, 5) is 11.6. The van der Waals surface area contributed by atoms with Gasteiger partial charge in [-0.2, -0.15) is 0 Å². The van der Waals surface area contributed by atoms with E-state index in [9.17, 15) is 9.90 Å². The van der Waals surface area contributed by atoms with Crippen molar-refractivity contribution < 1.29 is 9.90 Å². The smallest absolute Gasteiger partial charge is 0.163 e. The normalized spacial score (nSPS) is 22.5. The van der Waals surface area contributed by atoms with Gasteiger partial charge in [0.1, 0.15) is 0 Å². The summed E-state index contributed by atoms with van der Waals surface area (Å²) in [5.41, 5.74) is 5.46. The van der Waals surface area contributed by atoms with Gasteiger partial charge in [0.2, 0.25) is 0 Å². The van der Waals surface area contributed by atoms with E-state index < -0.39 is 0 Å². The Hall–Kier alpha value is -1.83. The van der Waals surface area contributed by atoms with E-state index in [1.54, 1.807) is 0 Å². The van der Waals surface area contributed by atoms with Crippen LogP contribution in [0.15, 0.2) is 35.6 Å². The molecule has 0 aliphatic heterocycles.